The van der Waals surface area contributed by atoms with E-state index < -0.39 is 25.4 Å². The summed E-state index contributed by atoms with van der Waals surface area (Å²) in [7, 11) is -1.38. The van der Waals surface area contributed by atoms with Gasteiger partial charge in [0.2, 0.25) is 5.78 Å². The van der Waals surface area contributed by atoms with Crippen LogP contribution in [0.2, 0.25) is 19.6 Å². The van der Waals surface area contributed by atoms with Gasteiger partial charge in [0, 0.05) is 12.8 Å². The number of Topliss-reactive ketones (excluding diaryl/α,β-unsaturated/α-hetero) is 1. The Balaban J connectivity index is 4.11. The lowest BCUT2D eigenvalue weighted by Crippen LogP contribution is -2.28. The summed E-state index contributed by atoms with van der Waals surface area (Å²) in [6.45, 7) is 11.6. The third-order valence-corrected chi connectivity index (χ3v) is 2.49. The molecule has 96 valence electrons. The highest BCUT2D eigenvalue weighted by Gasteiger charge is 2.21. The summed E-state index contributed by atoms with van der Waals surface area (Å²) in [6, 6.07) is 0. The molecule has 0 aliphatic rings. The van der Waals surface area contributed by atoms with E-state index in [0.29, 0.717) is 6.42 Å². The van der Waals surface area contributed by atoms with Crippen molar-refractivity contribution in [3.8, 4) is 11.5 Å². The fourth-order valence-electron chi connectivity index (χ4n) is 0.941. The molecular formula is C13H22O3Si. The molecule has 0 radical (unpaired) electrons. The van der Waals surface area contributed by atoms with Crippen molar-refractivity contribution in [1.29, 1.82) is 0 Å². The molecule has 3 nitrogen and oxygen atoms in total. The third kappa shape index (κ3) is 9.82. The zero-order valence-electron chi connectivity index (χ0n) is 11.6. The molecule has 0 bridgehead atoms. The van der Waals surface area contributed by atoms with Gasteiger partial charge in [0.15, 0.2) is 0 Å². The molecule has 0 saturated carbocycles. The van der Waals surface area contributed by atoms with Gasteiger partial charge in [-0.25, -0.2) is 4.79 Å². The second-order valence-corrected chi connectivity index (χ2v) is 10.7. The molecule has 0 atom stereocenters. The number of hydrogen-bond acceptors (Lipinski definition) is 3. The molecule has 0 rings (SSSR count). The summed E-state index contributed by atoms with van der Waals surface area (Å²) in [4.78, 5) is 22.8. The molecule has 0 spiro atoms. The van der Waals surface area contributed by atoms with E-state index in [1.807, 2.05) is 0 Å². The van der Waals surface area contributed by atoms with E-state index in [-0.39, 0.29) is 6.42 Å². The molecule has 17 heavy (non-hydrogen) atoms. The minimum Gasteiger partial charge on any atom is -0.454 e. The van der Waals surface area contributed by atoms with Crippen LogP contribution in [0.5, 0.6) is 0 Å². The van der Waals surface area contributed by atoms with Crippen LogP contribution >= 0.6 is 0 Å². The van der Waals surface area contributed by atoms with E-state index in [4.69, 9.17) is 4.74 Å². The number of hydrogen-bond donors (Lipinski definition) is 0. The predicted molar refractivity (Wildman–Crippen MR) is 71.2 cm³/mol. The first kappa shape index (κ1) is 15.9. The lowest BCUT2D eigenvalue weighted by atomic mass is 10.2. The van der Waals surface area contributed by atoms with Crippen LogP contribution in [0.1, 0.15) is 33.6 Å². The first-order valence-electron chi connectivity index (χ1n) is 5.77. The topological polar surface area (TPSA) is 43.4 Å². The zero-order valence-corrected chi connectivity index (χ0v) is 12.6. The average molecular weight is 254 g/mol. The van der Waals surface area contributed by atoms with Crippen LogP contribution in [0.15, 0.2) is 0 Å². The molecule has 0 aromatic rings. The summed E-state index contributed by atoms with van der Waals surface area (Å²) in [5, 5.41) is 0. The van der Waals surface area contributed by atoms with Crippen molar-refractivity contribution >= 4 is 19.8 Å². The van der Waals surface area contributed by atoms with E-state index in [9.17, 15) is 9.59 Å². The number of ether oxygens (including phenoxy) is 1. The minimum atomic E-state index is -1.38. The van der Waals surface area contributed by atoms with Gasteiger partial charge in [-0.2, -0.15) is 0 Å². The Hall–Kier alpha value is -1.08. The fourth-order valence-corrected chi connectivity index (χ4v) is 1.60. The summed E-state index contributed by atoms with van der Waals surface area (Å²) in [6.07, 6.45) is 0.578. The van der Waals surface area contributed by atoms with Gasteiger partial charge in [-0.05, 0) is 20.8 Å². The van der Waals surface area contributed by atoms with Gasteiger partial charge < -0.3 is 4.74 Å². The minimum absolute atomic E-state index is 0.145. The second kappa shape index (κ2) is 6.01. The maximum absolute atomic E-state index is 11.4. The molecule has 0 unspecified atom stereocenters. The summed E-state index contributed by atoms with van der Waals surface area (Å²) in [5.74, 6) is 1.70. The zero-order chi connectivity index (χ0) is 13.7. The molecule has 0 aliphatic carbocycles. The van der Waals surface area contributed by atoms with Crippen LogP contribution in [-0.2, 0) is 14.3 Å². The largest absolute Gasteiger partial charge is 0.454 e. The van der Waals surface area contributed by atoms with E-state index in [0.717, 1.165) is 0 Å². The van der Waals surface area contributed by atoms with Crippen molar-refractivity contribution in [2.45, 2.75) is 58.9 Å². The van der Waals surface area contributed by atoms with E-state index in [1.165, 1.54) is 0 Å². The van der Waals surface area contributed by atoms with Gasteiger partial charge in [-0.1, -0.05) is 19.6 Å². The molecule has 4 heteroatoms. The second-order valence-electron chi connectivity index (χ2n) is 5.98. The maximum atomic E-state index is 11.4. The van der Waals surface area contributed by atoms with Gasteiger partial charge in [0.05, 0.1) is 0 Å². The fraction of sp³-hybridized carbons (Fsp3) is 0.692. The van der Waals surface area contributed by atoms with Crippen LogP contribution in [0.25, 0.3) is 0 Å². The first-order valence-corrected chi connectivity index (χ1v) is 9.27. The van der Waals surface area contributed by atoms with Crippen molar-refractivity contribution in [2.75, 3.05) is 0 Å². The Morgan fingerprint density at radius 3 is 2.12 bits per heavy atom. The molecule has 0 fully saturated rings. The molecule has 0 heterocycles. The van der Waals surface area contributed by atoms with Crippen LogP contribution in [-0.4, -0.2) is 25.4 Å². The first-order chi connectivity index (χ1) is 7.51. The molecule has 0 aromatic heterocycles. The Morgan fingerprint density at radius 2 is 1.71 bits per heavy atom. The molecule has 0 N–H and O–H groups in total. The Morgan fingerprint density at radius 1 is 1.18 bits per heavy atom. The number of ketones is 1. The van der Waals surface area contributed by atoms with Crippen LogP contribution in [0, 0.1) is 11.5 Å². The average Bonchev–Trinajstić information content (AvgIpc) is 2.07. The van der Waals surface area contributed by atoms with Gasteiger partial charge >= 0.3 is 5.97 Å². The molecule has 0 aliphatic heterocycles. The van der Waals surface area contributed by atoms with Crippen molar-refractivity contribution in [2.24, 2.45) is 0 Å². The normalized spacial score (nSPS) is 11.4. The standard InChI is InChI=1S/C13H22O3Si/c1-13(2,3)16-12(15)11(14)9-7-8-10-17(4,5)6/h7,9H2,1-6H3. The van der Waals surface area contributed by atoms with Gasteiger partial charge in [-0.3, -0.25) is 4.79 Å². The molecule has 0 saturated heterocycles. The van der Waals surface area contributed by atoms with Gasteiger partial charge in [-0.15, -0.1) is 11.5 Å². The van der Waals surface area contributed by atoms with Crippen molar-refractivity contribution in [3.05, 3.63) is 0 Å². The van der Waals surface area contributed by atoms with Crippen LogP contribution in [0.3, 0.4) is 0 Å². The lowest BCUT2D eigenvalue weighted by Gasteiger charge is -2.18. The lowest BCUT2D eigenvalue weighted by molar-refractivity contribution is -0.162. The van der Waals surface area contributed by atoms with Crippen LogP contribution in [0.4, 0.5) is 0 Å². The molecule has 0 amide bonds. The van der Waals surface area contributed by atoms with Gasteiger partial charge in [0.25, 0.3) is 0 Å². The van der Waals surface area contributed by atoms with Crippen molar-refractivity contribution in [3.63, 3.8) is 0 Å². The highest BCUT2D eigenvalue weighted by Crippen LogP contribution is 2.08. The highest BCUT2D eigenvalue weighted by molar-refractivity contribution is 6.83. The van der Waals surface area contributed by atoms with E-state index >= 15 is 0 Å². The quantitative estimate of drug-likeness (QED) is 0.336. The Bertz CT molecular complexity index is 348. The van der Waals surface area contributed by atoms with Crippen molar-refractivity contribution in [1.82, 2.24) is 0 Å². The maximum Gasteiger partial charge on any atom is 0.375 e. The summed E-state index contributed by atoms with van der Waals surface area (Å²) in [5.41, 5.74) is 2.53. The van der Waals surface area contributed by atoms with Crippen LogP contribution < -0.4 is 0 Å². The van der Waals surface area contributed by atoms with E-state index in [1.54, 1.807) is 20.8 Å². The smallest absolute Gasteiger partial charge is 0.375 e. The monoisotopic (exact) mass is 254 g/mol. The van der Waals surface area contributed by atoms with Crippen molar-refractivity contribution < 1.29 is 14.3 Å². The third-order valence-electron chi connectivity index (χ3n) is 1.57. The van der Waals surface area contributed by atoms with E-state index in [2.05, 4.69) is 31.1 Å². The SMILES string of the molecule is CC(C)(C)OC(=O)C(=O)CCC#C[Si](C)(C)C. The molecule has 0 aromatic carbocycles. The summed E-state index contributed by atoms with van der Waals surface area (Å²) < 4.78 is 4.97. The highest BCUT2D eigenvalue weighted by atomic mass is 28.3. The predicted octanol–water partition coefficient (Wildman–Crippen LogP) is 2.56. The number of rotatable bonds is 3. The number of esters is 1. The summed E-state index contributed by atoms with van der Waals surface area (Å²) >= 11 is 0. The van der Waals surface area contributed by atoms with Gasteiger partial charge in [0.1, 0.15) is 13.7 Å². The molecular weight excluding hydrogens is 232 g/mol. The Labute approximate surface area is 105 Å². The number of carbonyl (C=O) groups excluding carboxylic acids is 2. The Kier molecular flexibility index (Phi) is 5.63. The number of carbonyl (C=O) groups is 2.